The van der Waals surface area contributed by atoms with Gasteiger partial charge in [-0.2, -0.15) is 0 Å². The molecular weight excluding hydrogens is 340 g/mol. The maximum atomic E-state index is 12.1. The van der Waals surface area contributed by atoms with E-state index in [2.05, 4.69) is 18.2 Å². The van der Waals surface area contributed by atoms with Gasteiger partial charge in [0.2, 0.25) is 0 Å². The Bertz CT molecular complexity index is 823. The summed E-state index contributed by atoms with van der Waals surface area (Å²) in [5, 5.41) is 9.51. The van der Waals surface area contributed by atoms with Crippen LogP contribution >= 0.6 is 0 Å². The summed E-state index contributed by atoms with van der Waals surface area (Å²) in [6, 6.07) is 13.7. The molecule has 142 valence electrons. The molecule has 2 aliphatic rings. The summed E-state index contributed by atoms with van der Waals surface area (Å²) in [5.74, 6) is 1.61. The number of fused-ring (bicyclic) bond motifs is 1. The first-order chi connectivity index (χ1) is 13.1. The molecule has 2 aromatic carbocycles. The van der Waals surface area contributed by atoms with Crippen LogP contribution in [0.1, 0.15) is 54.9 Å². The smallest absolute Gasteiger partial charge is 0.309 e. The Morgan fingerprint density at radius 3 is 2.56 bits per heavy atom. The molecule has 1 unspecified atom stereocenters. The number of hydrogen-bond acceptors (Lipinski definition) is 4. The van der Waals surface area contributed by atoms with Gasteiger partial charge in [-0.05, 0) is 72.4 Å². The number of phenols is 1. The molecule has 0 radical (unpaired) electrons. The van der Waals surface area contributed by atoms with Gasteiger partial charge in [0.1, 0.15) is 17.6 Å². The van der Waals surface area contributed by atoms with E-state index in [9.17, 15) is 9.90 Å². The lowest BCUT2D eigenvalue weighted by molar-refractivity contribution is -0.145. The molecule has 1 aliphatic heterocycles. The van der Waals surface area contributed by atoms with Crippen molar-refractivity contribution < 1.29 is 19.4 Å². The highest BCUT2D eigenvalue weighted by atomic mass is 16.5. The molecule has 0 bridgehead atoms. The second kappa shape index (κ2) is 7.26. The quantitative estimate of drug-likeness (QED) is 0.775. The molecule has 2 aromatic rings. The summed E-state index contributed by atoms with van der Waals surface area (Å²) in [6.45, 7) is 1.97. The predicted molar refractivity (Wildman–Crippen MR) is 103 cm³/mol. The van der Waals surface area contributed by atoms with Crippen molar-refractivity contribution in [1.29, 1.82) is 0 Å². The van der Waals surface area contributed by atoms with Crippen molar-refractivity contribution >= 4 is 5.97 Å². The number of carbonyl (C=O) groups excluding carboxylic acids is 1. The Morgan fingerprint density at radius 2 is 1.89 bits per heavy atom. The van der Waals surface area contributed by atoms with Gasteiger partial charge in [-0.1, -0.05) is 31.2 Å². The van der Waals surface area contributed by atoms with E-state index in [0.717, 1.165) is 24.2 Å². The van der Waals surface area contributed by atoms with Crippen molar-refractivity contribution in [3.05, 3.63) is 59.2 Å². The first-order valence-electron chi connectivity index (χ1n) is 9.73. The Morgan fingerprint density at radius 1 is 1.15 bits per heavy atom. The topological polar surface area (TPSA) is 55.8 Å². The Labute approximate surface area is 160 Å². The largest absolute Gasteiger partial charge is 0.508 e. The SMILES string of the molecule is COC(=O)[C@@H](C)[C@H](c1ccc2c(c1)OC(c1ccc(O)cc1)CC2)C1CC1. The molecule has 1 fully saturated rings. The van der Waals surface area contributed by atoms with Gasteiger partial charge in [-0.3, -0.25) is 4.79 Å². The summed E-state index contributed by atoms with van der Waals surface area (Å²) in [4.78, 5) is 12.1. The van der Waals surface area contributed by atoms with Crippen LogP contribution in [-0.2, 0) is 16.0 Å². The molecule has 1 heterocycles. The molecule has 4 heteroatoms. The molecule has 4 rings (SSSR count). The van der Waals surface area contributed by atoms with Gasteiger partial charge in [0.15, 0.2) is 0 Å². The average Bonchev–Trinajstić information content (AvgIpc) is 3.52. The Kier molecular flexibility index (Phi) is 4.81. The van der Waals surface area contributed by atoms with Gasteiger partial charge < -0.3 is 14.6 Å². The molecule has 1 N–H and O–H groups in total. The van der Waals surface area contributed by atoms with Crippen LogP contribution in [0.2, 0.25) is 0 Å². The molecule has 27 heavy (non-hydrogen) atoms. The van der Waals surface area contributed by atoms with Crippen LogP contribution in [-0.4, -0.2) is 18.2 Å². The zero-order chi connectivity index (χ0) is 19.0. The van der Waals surface area contributed by atoms with Gasteiger partial charge in [-0.15, -0.1) is 0 Å². The first kappa shape index (κ1) is 17.9. The van der Waals surface area contributed by atoms with E-state index in [1.807, 2.05) is 19.1 Å². The van der Waals surface area contributed by atoms with Crippen LogP contribution in [0.4, 0.5) is 0 Å². The minimum atomic E-state index is -0.156. The number of phenolic OH excluding ortho intramolecular Hbond substituents is 1. The van der Waals surface area contributed by atoms with Crippen LogP contribution in [0, 0.1) is 11.8 Å². The standard InChI is InChI=1S/C23H26O4/c1-14(23(25)26-2)22(17-4-5-17)18-6-3-16-9-12-20(27-21(16)13-18)15-7-10-19(24)11-8-15/h3,6-8,10-11,13-14,17,20,22,24H,4-5,9,12H2,1-2H3/t14-,20?,22-/m0/s1. The molecule has 0 spiro atoms. The summed E-state index contributed by atoms with van der Waals surface area (Å²) >= 11 is 0. The molecule has 0 aromatic heterocycles. The van der Waals surface area contributed by atoms with Crippen LogP contribution in [0.3, 0.4) is 0 Å². The zero-order valence-electron chi connectivity index (χ0n) is 15.9. The zero-order valence-corrected chi connectivity index (χ0v) is 15.9. The van der Waals surface area contributed by atoms with Gasteiger partial charge in [0.25, 0.3) is 0 Å². The fourth-order valence-corrected chi connectivity index (χ4v) is 4.27. The number of rotatable bonds is 5. The minimum absolute atomic E-state index is 0.00856. The van der Waals surface area contributed by atoms with Crippen molar-refractivity contribution in [1.82, 2.24) is 0 Å². The second-order valence-corrected chi connectivity index (χ2v) is 7.78. The lowest BCUT2D eigenvalue weighted by atomic mass is 9.82. The molecule has 4 nitrogen and oxygen atoms in total. The summed E-state index contributed by atoms with van der Waals surface area (Å²) < 4.78 is 11.3. The molecular formula is C23H26O4. The van der Waals surface area contributed by atoms with E-state index in [-0.39, 0.29) is 29.7 Å². The van der Waals surface area contributed by atoms with Crippen molar-refractivity contribution in [2.75, 3.05) is 7.11 Å². The number of benzene rings is 2. The summed E-state index contributed by atoms with van der Waals surface area (Å²) in [5.41, 5.74) is 3.46. The monoisotopic (exact) mass is 366 g/mol. The molecule has 0 saturated heterocycles. The summed E-state index contributed by atoms with van der Waals surface area (Å²) in [6.07, 6.45) is 4.20. The van der Waals surface area contributed by atoms with Crippen LogP contribution in [0.25, 0.3) is 0 Å². The third kappa shape index (κ3) is 3.66. The van der Waals surface area contributed by atoms with Crippen LogP contribution < -0.4 is 4.74 Å². The number of hydrogen-bond donors (Lipinski definition) is 1. The molecule has 0 amide bonds. The minimum Gasteiger partial charge on any atom is -0.508 e. The third-order valence-electron chi connectivity index (χ3n) is 5.93. The fraction of sp³-hybridized carbons (Fsp3) is 0.435. The predicted octanol–water partition coefficient (Wildman–Crippen LogP) is 4.76. The second-order valence-electron chi connectivity index (χ2n) is 7.78. The van der Waals surface area contributed by atoms with Crippen molar-refractivity contribution in [2.45, 2.75) is 44.6 Å². The number of aryl methyl sites for hydroxylation is 1. The van der Waals surface area contributed by atoms with Crippen LogP contribution in [0.5, 0.6) is 11.5 Å². The molecule has 1 aliphatic carbocycles. The Balaban J connectivity index is 1.60. The first-order valence-corrected chi connectivity index (χ1v) is 9.73. The molecule has 3 atom stereocenters. The lowest BCUT2D eigenvalue weighted by Gasteiger charge is -2.29. The Hall–Kier alpha value is -2.49. The van der Waals surface area contributed by atoms with Gasteiger partial charge >= 0.3 is 5.97 Å². The van der Waals surface area contributed by atoms with E-state index >= 15 is 0 Å². The highest BCUT2D eigenvalue weighted by Gasteiger charge is 2.39. The number of ether oxygens (including phenoxy) is 2. The lowest BCUT2D eigenvalue weighted by Crippen LogP contribution is -2.23. The van der Waals surface area contributed by atoms with Gasteiger partial charge in [0.05, 0.1) is 13.0 Å². The molecule has 1 saturated carbocycles. The normalized spacial score (nSPS) is 20.9. The van der Waals surface area contributed by atoms with Crippen molar-refractivity contribution in [3.63, 3.8) is 0 Å². The van der Waals surface area contributed by atoms with E-state index in [0.29, 0.717) is 5.92 Å². The fourth-order valence-electron chi connectivity index (χ4n) is 4.27. The maximum absolute atomic E-state index is 12.1. The number of esters is 1. The van der Waals surface area contributed by atoms with Crippen LogP contribution in [0.15, 0.2) is 42.5 Å². The van der Waals surface area contributed by atoms with E-state index in [1.54, 1.807) is 12.1 Å². The van der Waals surface area contributed by atoms with Gasteiger partial charge in [-0.25, -0.2) is 0 Å². The third-order valence-corrected chi connectivity index (χ3v) is 5.93. The highest BCUT2D eigenvalue weighted by Crippen LogP contribution is 2.48. The van der Waals surface area contributed by atoms with Gasteiger partial charge in [0, 0.05) is 0 Å². The number of aromatic hydroxyl groups is 1. The average molecular weight is 366 g/mol. The van der Waals surface area contributed by atoms with E-state index < -0.39 is 0 Å². The van der Waals surface area contributed by atoms with E-state index in [1.165, 1.54) is 31.1 Å². The van der Waals surface area contributed by atoms with E-state index in [4.69, 9.17) is 9.47 Å². The van der Waals surface area contributed by atoms with Crippen molar-refractivity contribution in [3.8, 4) is 11.5 Å². The highest BCUT2D eigenvalue weighted by molar-refractivity contribution is 5.73. The maximum Gasteiger partial charge on any atom is 0.309 e. The number of carbonyl (C=O) groups is 1. The number of methoxy groups -OCH3 is 1. The van der Waals surface area contributed by atoms with Crippen molar-refractivity contribution in [2.24, 2.45) is 11.8 Å². The summed E-state index contributed by atoms with van der Waals surface area (Å²) in [7, 11) is 1.46.